The van der Waals surface area contributed by atoms with Crippen molar-refractivity contribution < 1.29 is 14.3 Å². The minimum atomic E-state index is -0.264. The van der Waals surface area contributed by atoms with Crippen LogP contribution in [0.3, 0.4) is 0 Å². The van der Waals surface area contributed by atoms with Crippen molar-refractivity contribution in [2.45, 2.75) is 66.7 Å². The number of ketones is 1. The topological polar surface area (TPSA) is 46.6 Å². The molecule has 0 spiro atoms. The van der Waals surface area contributed by atoms with Gasteiger partial charge in [-0.05, 0) is 24.2 Å². The number of unbranched alkanes of at least 4 members (excludes halogenated alkanes) is 1. The molecule has 0 atom stereocenters. The zero-order chi connectivity index (χ0) is 17.5. The largest absolute Gasteiger partial charge is 0.466 e. The zero-order valence-electron chi connectivity index (χ0n) is 15.5. The van der Waals surface area contributed by atoms with Crippen molar-refractivity contribution in [2.75, 3.05) is 19.7 Å². The number of carbonyl (C=O) groups is 2. The SMILES string of the molecule is CCCCOC(=O)CCC(=O)C1=CN(CC(C)C)CCC1(C)C. The van der Waals surface area contributed by atoms with E-state index in [4.69, 9.17) is 4.74 Å². The molecule has 4 nitrogen and oxygen atoms in total. The number of allylic oxidation sites excluding steroid dienone is 1. The third-order valence-electron chi connectivity index (χ3n) is 4.28. The molecule has 0 saturated carbocycles. The van der Waals surface area contributed by atoms with E-state index in [1.807, 2.05) is 6.20 Å². The summed E-state index contributed by atoms with van der Waals surface area (Å²) in [5, 5.41) is 0. The molecule has 0 aliphatic carbocycles. The van der Waals surface area contributed by atoms with Gasteiger partial charge < -0.3 is 9.64 Å². The maximum Gasteiger partial charge on any atom is 0.306 e. The van der Waals surface area contributed by atoms with Crippen LogP contribution in [0.25, 0.3) is 0 Å². The molecule has 0 amide bonds. The highest BCUT2D eigenvalue weighted by Gasteiger charge is 2.32. The van der Waals surface area contributed by atoms with Crippen LogP contribution in [0.2, 0.25) is 0 Å². The van der Waals surface area contributed by atoms with E-state index in [0.717, 1.165) is 37.9 Å². The van der Waals surface area contributed by atoms with E-state index in [1.54, 1.807) is 0 Å². The van der Waals surface area contributed by atoms with Crippen molar-refractivity contribution >= 4 is 11.8 Å². The number of nitrogens with zero attached hydrogens (tertiary/aromatic N) is 1. The molecule has 1 heterocycles. The number of rotatable bonds is 9. The van der Waals surface area contributed by atoms with Crippen LogP contribution in [0.15, 0.2) is 11.8 Å². The Balaban J connectivity index is 2.60. The number of esters is 1. The van der Waals surface area contributed by atoms with Crippen molar-refractivity contribution in [2.24, 2.45) is 11.3 Å². The van der Waals surface area contributed by atoms with Gasteiger partial charge in [0, 0.05) is 31.3 Å². The van der Waals surface area contributed by atoms with Gasteiger partial charge in [0.15, 0.2) is 5.78 Å². The average molecular weight is 323 g/mol. The molecule has 0 saturated heterocycles. The third kappa shape index (κ3) is 6.76. The van der Waals surface area contributed by atoms with Crippen molar-refractivity contribution in [3.05, 3.63) is 11.8 Å². The Kier molecular flexibility index (Phi) is 7.80. The first-order chi connectivity index (χ1) is 10.8. The quantitative estimate of drug-likeness (QED) is 0.476. The Morgan fingerprint density at radius 3 is 2.61 bits per heavy atom. The molecule has 1 aliphatic rings. The first kappa shape index (κ1) is 19.7. The lowest BCUT2D eigenvalue weighted by Gasteiger charge is -2.37. The summed E-state index contributed by atoms with van der Waals surface area (Å²) in [7, 11) is 0. The lowest BCUT2D eigenvalue weighted by Crippen LogP contribution is -2.36. The Bertz CT molecular complexity index is 438. The molecule has 0 aromatic carbocycles. The highest BCUT2D eigenvalue weighted by Crippen LogP contribution is 2.36. The highest BCUT2D eigenvalue weighted by molar-refractivity contribution is 5.98. The molecule has 0 bridgehead atoms. The van der Waals surface area contributed by atoms with E-state index in [2.05, 4.69) is 39.5 Å². The van der Waals surface area contributed by atoms with Crippen LogP contribution >= 0.6 is 0 Å². The van der Waals surface area contributed by atoms with Crippen molar-refractivity contribution in [3.8, 4) is 0 Å². The Hall–Kier alpha value is -1.32. The summed E-state index contributed by atoms with van der Waals surface area (Å²) in [5.74, 6) is 0.383. The van der Waals surface area contributed by atoms with Gasteiger partial charge in [0.2, 0.25) is 0 Å². The first-order valence-corrected chi connectivity index (χ1v) is 8.91. The van der Waals surface area contributed by atoms with Crippen LogP contribution in [-0.4, -0.2) is 36.3 Å². The number of hydrogen-bond acceptors (Lipinski definition) is 4. The molecule has 0 aromatic heterocycles. The van der Waals surface area contributed by atoms with Gasteiger partial charge in [-0.1, -0.05) is 41.0 Å². The van der Waals surface area contributed by atoms with Crippen molar-refractivity contribution in [3.63, 3.8) is 0 Å². The molecule has 0 radical (unpaired) electrons. The van der Waals surface area contributed by atoms with Crippen LogP contribution in [0.1, 0.15) is 66.7 Å². The van der Waals surface area contributed by atoms with Crippen molar-refractivity contribution in [1.29, 1.82) is 0 Å². The fraction of sp³-hybridized carbons (Fsp3) is 0.789. The molecular formula is C19H33NO3. The van der Waals surface area contributed by atoms with Crippen molar-refractivity contribution in [1.82, 2.24) is 4.90 Å². The minimum absolute atomic E-state index is 0.0795. The van der Waals surface area contributed by atoms with E-state index in [-0.39, 0.29) is 30.0 Å². The number of Topliss-reactive ketones (excluding diaryl/α,β-unsaturated/α-hetero) is 1. The summed E-state index contributed by atoms with van der Waals surface area (Å²) in [6, 6.07) is 0. The zero-order valence-corrected chi connectivity index (χ0v) is 15.5. The van der Waals surface area contributed by atoms with E-state index in [0.29, 0.717) is 12.5 Å². The molecular weight excluding hydrogens is 290 g/mol. The summed E-state index contributed by atoms with van der Waals surface area (Å²) < 4.78 is 5.12. The van der Waals surface area contributed by atoms with Gasteiger partial charge in [-0.3, -0.25) is 9.59 Å². The molecule has 1 aliphatic heterocycles. The van der Waals surface area contributed by atoms with E-state index < -0.39 is 0 Å². The Labute approximate surface area is 141 Å². The summed E-state index contributed by atoms with van der Waals surface area (Å²) in [6.45, 7) is 13.1. The lowest BCUT2D eigenvalue weighted by molar-refractivity contribution is -0.144. The number of hydrogen-bond donors (Lipinski definition) is 0. The predicted octanol–water partition coefficient (Wildman–Crippen LogP) is 3.95. The molecule has 1 rings (SSSR count). The normalized spacial score (nSPS) is 17.1. The standard InChI is InChI=1S/C19H33NO3/c1-6-7-12-23-18(22)9-8-17(21)16-14-20(13-15(2)3)11-10-19(16,4)5/h14-15H,6-13H2,1-5H3. The molecule has 23 heavy (non-hydrogen) atoms. The van der Waals surface area contributed by atoms with E-state index in [9.17, 15) is 9.59 Å². The summed E-state index contributed by atoms with van der Waals surface area (Å²) >= 11 is 0. The van der Waals surface area contributed by atoms with Crippen LogP contribution in [0, 0.1) is 11.3 Å². The number of ether oxygens (including phenoxy) is 1. The second kappa shape index (κ2) is 9.09. The molecule has 0 aromatic rings. The minimum Gasteiger partial charge on any atom is -0.466 e. The second-order valence-electron chi connectivity index (χ2n) is 7.56. The number of carbonyl (C=O) groups excluding carboxylic acids is 2. The smallest absolute Gasteiger partial charge is 0.306 e. The van der Waals surface area contributed by atoms with Crippen LogP contribution in [0.5, 0.6) is 0 Å². The fourth-order valence-electron chi connectivity index (χ4n) is 2.79. The molecule has 0 fully saturated rings. The molecule has 0 unspecified atom stereocenters. The average Bonchev–Trinajstić information content (AvgIpc) is 2.46. The van der Waals surface area contributed by atoms with Gasteiger partial charge in [-0.2, -0.15) is 0 Å². The summed E-state index contributed by atoms with van der Waals surface area (Å²) in [6.07, 6.45) is 5.30. The van der Waals surface area contributed by atoms with E-state index in [1.165, 1.54) is 0 Å². The fourth-order valence-corrected chi connectivity index (χ4v) is 2.79. The third-order valence-corrected chi connectivity index (χ3v) is 4.28. The van der Waals surface area contributed by atoms with Gasteiger partial charge in [-0.15, -0.1) is 0 Å². The predicted molar refractivity (Wildman–Crippen MR) is 93.0 cm³/mol. The Morgan fingerprint density at radius 2 is 2.00 bits per heavy atom. The maximum atomic E-state index is 12.6. The van der Waals surface area contributed by atoms with Gasteiger partial charge >= 0.3 is 5.97 Å². The Morgan fingerprint density at radius 1 is 1.30 bits per heavy atom. The van der Waals surface area contributed by atoms with E-state index >= 15 is 0 Å². The summed E-state index contributed by atoms with van der Waals surface area (Å²) in [5.41, 5.74) is 0.738. The highest BCUT2D eigenvalue weighted by atomic mass is 16.5. The lowest BCUT2D eigenvalue weighted by atomic mass is 9.76. The van der Waals surface area contributed by atoms with Gasteiger partial charge in [0.1, 0.15) is 0 Å². The van der Waals surface area contributed by atoms with Crippen LogP contribution < -0.4 is 0 Å². The van der Waals surface area contributed by atoms with Gasteiger partial charge in [-0.25, -0.2) is 0 Å². The molecule has 0 N–H and O–H groups in total. The van der Waals surface area contributed by atoms with Crippen LogP contribution in [0.4, 0.5) is 0 Å². The molecule has 132 valence electrons. The van der Waals surface area contributed by atoms with Gasteiger partial charge in [0.05, 0.1) is 13.0 Å². The monoisotopic (exact) mass is 323 g/mol. The molecule has 4 heteroatoms. The maximum absolute atomic E-state index is 12.6. The van der Waals surface area contributed by atoms with Gasteiger partial charge in [0.25, 0.3) is 0 Å². The summed E-state index contributed by atoms with van der Waals surface area (Å²) in [4.78, 5) is 26.5. The van der Waals surface area contributed by atoms with Crippen LogP contribution in [-0.2, 0) is 14.3 Å². The second-order valence-corrected chi connectivity index (χ2v) is 7.56. The first-order valence-electron chi connectivity index (χ1n) is 8.91.